The van der Waals surface area contributed by atoms with E-state index in [2.05, 4.69) is 12.2 Å². The first kappa shape index (κ1) is 12.5. The standard InChI is InChI=1S/C14H19F2N/c1-2-14(7-8-14)10-17-9-11-3-5-12(6-4-11)13(15)16/h3-6,13,17H,2,7-10H2,1H3. The summed E-state index contributed by atoms with van der Waals surface area (Å²) in [6, 6.07) is 6.57. The lowest BCUT2D eigenvalue weighted by Crippen LogP contribution is -2.23. The maximum atomic E-state index is 12.3. The minimum atomic E-state index is -2.37. The van der Waals surface area contributed by atoms with Crippen LogP contribution in [0.3, 0.4) is 0 Å². The molecule has 0 aromatic heterocycles. The molecule has 0 heterocycles. The fourth-order valence-corrected chi connectivity index (χ4v) is 2.09. The molecule has 1 N–H and O–H groups in total. The molecule has 2 rings (SSSR count). The molecule has 0 radical (unpaired) electrons. The Labute approximate surface area is 101 Å². The highest BCUT2D eigenvalue weighted by atomic mass is 19.3. The van der Waals surface area contributed by atoms with Crippen molar-refractivity contribution in [2.24, 2.45) is 5.41 Å². The Hall–Kier alpha value is -0.960. The molecule has 0 aliphatic heterocycles. The molecule has 0 saturated heterocycles. The quantitative estimate of drug-likeness (QED) is 0.793. The van der Waals surface area contributed by atoms with E-state index in [9.17, 15) is 8.78 Å². The number of rotatable bonds is 6. The lowest BCUT2D eigenvalue weighted by atomic mass is 10.0. The Bertz CT molecular complexity index is 355. The van der Waals surface area contributed by atoms with Gasteiger partial charge in [-0.1, -0.05) is 31.2 Å². The van der Waals surface area contributed by atoms with Crippen molar-refractivity contribution in [1.82, 2.24) is 5.32 Å². The molecule has 0 spiro atoms. The van der Waals surface area contributed by atoms with Gasteiger partial charge in [-0.3, -0.25) is 0 Å². The second-order valence-electron chi connectivity index (χ2n) is 5.00. The van der Waals surface area contributed by atoms with Crippen LogP contribution in [0.4, 0.5) is 8.78 Å². The number of hydrogen-bond donors (Lipinski definition) is 1. The predicted molar refractivity (Wildman–Crippen MR) is 65.1 cm³/mol. The van der Waals surface area contributed by atoms with E-state index in [1.165, 1.54) is 31.4 Å². The van der Waals surface area contributed by atoms with Gasteiger partial charge in [0.1, 0.15) is 0 Å². The Morgan fingerprint density at radius 1 is 1.24 bits per heavy atom. The van der Waals surface area contributed by atoms with Gasteiger partial charge in [-0.2, -0.15) is 0 Å². The SMILES string of the molecule is CCC1(CNCc2ccc(C(F)F)cc2)CC1. The lowest BCUT2D eigenvalue weighted by molar-refractivity contribution is 0.151. The molecule has 0 bridgehead atoms. The van der Waals surface area contributed by atoms with E-state index >= 15 is 0 Å². The lowest BCUT2D eigenvalue weighted by Gasteiger charge is -2.13. The highest BCUT2D eigenvalue weighted by molar-refractivity contribution is 5.23. The van der Waals surface area contributed by atoms with Crippen molar-refractivity contribution in [2.75, 3.05) is 6.54 Å². The fourth-order valence-electron chi connectivity index (χ4n) is 2.09. The van der Waals surface area contributed by atoms with Crippen LogP contribution in [0.5, 0.6) is 0 Å². The molecule has 1 fully saturated rings. The van der Waals surface area contributed by atoms with Gasteiger partial charge in [-0.25, -0.2) is 8.78 Å². The third-order valence-corrected chi connectivity index (χ3v) is 3.77. The van der Waals surface area contributed by atoms with Gasteiger partial charge in [0.05, 0.1) is 0 Å². The van der Waals surface area contributed by atoms with Crippen LogP contribution in [0.15, 0.2) is 24.3 Å². The number of nitrogens with one attached hydrogen (secondary N) is 1. The highest BCUT2D eigenvalue weighted by Crippen LogP contribution is 2.47. The fraction of sp³-hybridized carbons (Fsp3) is 0.571. The van der Waals surface area contributed by atoms with Gasteiger partial charge in [-0.05, 0) is 30.2 Å². The zero-order valence-corrected chi connectivity index (χ0v) is 10.2. The Kier molecular flexibility index (Phi) is 3.77. The average Bonchev–Trinajstić information content (AvgIpc) is 3.10. The van der Waals surface area contributed by atoms with Gasteiger partial charge < -0.3 is 5.32 Å². The number of hydrogen-bond acceptors (Lipinski definition) is 1. The molecule has 0 atom stereocenters. The summed E-state index contributed by atoms with van der Waals surface area (Å²) in [7, 11) is 0. The van der Waals surface area contributed by atoms with Crippen molar-refractivity contribution >= 4 is 0 Å². The summed E-state index contributed by atoms with van der Waals surface area (Å²) in [6.07, 6.45) is 1.50. The molecule has 1 aromatic rings. The number of benzene rings is 1. The van der Waals surface area contributed by atoms with E-state index in [1.807, 2.05) is 0 Å². The van der Waals surface area contributed by atoms with Crippen LogP contribution in [-0.4, -0.2) is 6.54 Å². The Balaban J connectivity index is 1.79. The molecule has 1 aliphatic carbocycles. The zero-order valence-electron chi connectivity index (χ0n) is 10.2. The molecule has 0 amide bonds. The van der Waals surface area contributed by atoms with Crippen LogP contribution in [0.25, 0.3) is 0 Å². The van der Waals surface area contributed by atoms with Crippen molar-refractivity contribution in [3.8, 4) is 0 Å². The van der Waals surface area contributed by atoms with Gasteiger partial charge >= 0.3 is 0 Å². The second-order valence-corrected chi connectivity index (χ2v) is 5.00. The summed E-state index contributed by atoms with van der Waals surface area (Å²) in [5.41, 5.74) is 1.70. The van der Waals surface area contributed by atoms with Crippen LogP contribution >= 0.6 is 0 Å². The van der Waals surface area contributed by atoms with Crippen LogP contribution in [0, 0.1) is 5.41 Å². The summed E-state index contributed by atoms with van der Waals surface area (Å²) in [4.78, 5) is 0. The molecule has 1 aliphatic rings. The number of halogens is 2. The van der Waals surface area contributed by atoms with E-state index < -0.39 is 6.43 Å². The van der Waals surface area contributed by atoms with Crippen LogP contribution in [0.1, 0.15) is 43.7 Å². The minimum absolute atomic E-state index is 0.0981. The third-order valence-electron chi connectivity index (χ3n) is 3.77. The van der Waals surface area contributed by atoms with Gasteiger partial charge in [0.2, 0.25) is 0 Å². The van der Waals surface area contributed by atoms with Crippen LogP contribution in [0.2, 0.25) is 0 Å². The molecule has 3 heteroatoms. The summed E-state index contributed by atoms with van der Waals surface area (Å²) in [6.45, 7) is 4.04. The molecular weight excluding hydrogens is 220 g/mol. The van der Waals surface area contributed by atoms with Crippen molar-refractivity contribution < 1.29 is 8.78 Å². The van der Waals surface area contributed by atoms with Gasteiger partial charge in [0.25, 0.3) is 6.43 Å². The van der Waals surface area contributed by atoms with Gasteiger partial charge in [0, 0.05) is 18.7 Å². The first-order chi connectivity index (χ1) is 8.15. The van der Waals surface area contributed by atoms with Gasteiger partial charge in [-0.15, -0.1) is 0 Å². The Morgan fingerprint density at radius 2 is 1.88 bits per heavy atom. The first-order valence-electron chi connectivity index (χ1n) is 6.23. The molecule has 17 heavy (non-hydrogen) atoms. The topological polar surface area (TPSA) is 12.0 Å². The van der Waals surface area contributed by atoms with E-state index in [1.54, 1.807) is 12.1 Å². The smallest absolute Gasteiger partial charge is 0.263 e. The highest BCUT2D eigenvalue weighted by Gasteiger charge is 2.39. The van der Waals surface area contributed by atoms with E-state index in [4.69, 9.17) is 0 Å². The summed E-state index contributed by atoms with van der Waals surface area (Å²) in [5, 5.41) is 3.42. The number of alkyl halides is 2. The van der Waals surface area contributed by atoms with E-state index in [-0.39, 0.29) is 5.56 Å². The van der Waals surface area contributed by atoms with Crippen molar-refractivity contribution in [2.45, 2.75) is 39.2 Å². The minimum Gasteiger partial charge on any atom is -0.312 e. The maximum Gasteiger partial charge on any atom is 0.263 e. The van der Waals surface area contributed by atoms with E-state index in [0.29, 0.717) is 5.41 Å². The zero-order chi connectivity index (χ0) is 12.3. The Morgan fingerprint density at radius 3 is 2.35 bits per heavy atom. The molecular formula is C14H19F2N. The van der Waals surface area contributed by atoms with Crippen molar-refractivity contribution in [3.05, 3.63) is 35.4 Å². The third kappa shape index (κ3) is 3.25. The summed E-state index contributed by atoms with van der Waals surface area (Å²) < 4.78 is 24.7. The van der Waals surface area contributed by atoms with Crippen molar-refractivity contribution in [3.63, 3.8) is 0 Å². The molecule has 1 aromatic carbocycles. The molecule has 1 nitrogen and oxygen atoms in total. The monoisotopic (exact) mass is 239 g/mol. The van der Waals surface area contributed by atoms with E-state index in [0.717, 1.165) is 18.7 Å². The molecule has 1 saturated carbocycles. The molecule has 0 unspecified atom stereocenters. The maximum absolute atomic E-state index is 12.3. The van der Waals surface area contributed by atoms with Crippen LogP contribution < -0.4 is 5.32 Å². The summed E-state index contributed by atoms with van der Waals surface area (Å²) >= 11 is 0. The van der Waals surface area contributed by atoms with Crippen molar-refractivity contribution in [1.29, 1.82) is 0 Å². The normalized spacial score (nSPS) is 17.4. The van der Waals surface area contributed by atoms with Gasteiger partial charge in [0.15, 0.2) is 0 Å². The van der Waals surface area contributed by atoms with Crippen LogP contribution in [-0.2, 0) is 6.54 Å². The average molecular weight is 239 g/mol. The second kappa shape index (κ2) is 5.13. The largest absolute Gasteiger partial charge is 0.312 e. The molecule has 94 valence electrons. The predicted octanol–water partition coefficient (Wildman–Crippen LogP) is 3.90. The summed E-state index contributed by atoms with van der Waals surface area (Å²) in [5.74, 6) is 0. The first-order valence-corrected chi connectivity index (χ1v) is 6.23.